The van der Waals surface area contributed by atoms with E-state index in [1.165, 1.54) is 23.1 Å². The van der Waals surface area contributed by atoms with E-state index in [1.807, 2.05) is 49.6 Å². The average molecular weight is 483 g/mol. The summed E-state index contributed by atoms with van der Waals surface area (Å²) in [6.07, 6.45) is 0. The van der Waals surface area contributed by atoms with Crippen LogP contribution >= 0.6 is 39.0 Å². The van der Waals surface area contributed by atoms with Crippen LogP contribution in [0.2, 0.25) is 0 Å². The molecule has 0 amide bonds. The fourth-order valence-electron chi connectivity index (χ4n) is 3.08. The van der Waals surface area contributed by atoms with Crippen molar-refractivity contribution in [2.24, 2.45) is 0 Å². The number of nitrogens with zero attached hydrogens (tertiary/aromatic N) is 3. The van der Waals surface area contributed by atoms with Gasteiger partial charge in [0, 0.05) is 21.1 Å². The number of hydrogen-bond acceptors (Lipinski definition) is 6. The van der Waals surface area contributed by atoms with E-state index < -0.39 is 0 Å². The van der Waals surface area contributed by atoms with Crippen LogP contribution in [0, 0.1) is 25.2 Å². The summed E-state index contributed by atoms with van der Waals surface area (Å²) in [5, 5.41) is 12.7. The summed E-state index contributed by atoms with van der Waals surface area (Å²) in [5.74, 6) is 1.00. The van der Waals surface area contributed by atoms with Crippen LogP contribution in [-0.2, 0) is 5.75 Å². The van der Waals surface area contributed by atoms with Gasteiger partial charge in [-0.05, 0) is 43.2 Å². The van der Waals surface area contributed by atoms with Crippen LogP contribution in [0.4, 0.5) is 0 Å². The maximum atomic E-state index is 12.8. The fourth-order valence-corrected chi connectivity index (χ4v) is 5.28. The molecule has 0 atom stereocenters. The molecule has 1 aromatic carbocycles. The Morgan fingerprint density at radius 2 is 2.00 bits per heavy atom. The molecule has 29 heavy (non-hydrogen) atoms. The average Bonchev–Trinajstić information content (AvgIpc) is 3.11. The molecule has 0 radical (unpaired) electrons. The summed E-state index contributed by atoms with van der Waals surface area (Å²) in [4.78, 5) is 25.5. The Balaban J connectivity index is 1.67. The van der Waals surface area contributed by atoms with Crippen molar-refractivity contribution in [2.45, 2.75) is 24.6 Å². The van der Waals surface area contributed by atoms with Crippen molar-refractivity contribution >= 4 is 49.2 Å². The lowest BCUT2D eigenvalue weighted by molar-refractivity contribution is 1.01. The molecular weight excluding hydrogens is 468 g/mol. The molecule has 0 saturated heterocycles. The molecule has 0 fully saturated rings. The molecule has 0 saturated carbocycles. The Morgan fingerprint density at radius 3 is 2.72 bits per heavy atom. The van der Waals surface area contributed by atoms with Crippen molar-refractivity contribution in [3.05, 3.63) is 73.2 Å². The number of fused-ring (bicyclic) bond motifs is 1. The Kier molecular flexibility index (Phi) is 5.54. The fraction of sp³-hybridized carbons (Fsp3) is 0.143. The molecule has 0 aliphatic heterocycles. The minimum absolute atomic E-state index is 0.154. The smallest absolute Gasteiger partial charge is 0.260 e. The number of hydrogen-bond donors (Lipinski definition) is 1. The first-order chi connectivity index (χ1) is 14.0. The van der Waals surface area contributed by atoms with Crippen LogP contribution in [0.1, 0.15) is 22.6 Å². The molecule has 0 spiro atoms. The highest BCUT2D eigenvalue weighted by Gasteiger charge is 2.14. The minimum Gasteiger partial charge on any atom is -0.309 e. The van der Waals surface area contributed by atoms with Gasteiger partial charge in [0.2, 0.25) is 0 Å². The minimum atomic E-state index is -0.154. The Labute approximate surface area is 184 Å². The molecule has 144 valence electrons. The zero-order valence-electron chi connectivity index (χ0n) is 15.6. The summed E-state index contributed by atoms with van der Waals surface area (Å²) in [6, 6.07) is 12.0. The molecule has 3 aromatic heterocycles. The predicted molar refractivity (Wildman–Crippen MR) is 121 cm³/mol. The van der Waals surface area contributed by atoms with Gasteiger partial charge in [0.25, 0.3) is 5.56 Å². The number of halogens is 1. The van der Waals surface area contributed by atoms with Crippen LogP contribution in [0.5, 0.6) is 0 Å². The van der Waals surface area contributed by atoms with E-state index in [4.69, 9.17) is 0 Å². The molecule has 0 unspecified atom stereocenters. The molecule has 0 bridgehead atoms. The van der Waals surface area contributed by atoms with Crippen molar-refractivity contribution in [1.82, 2.24) is 15.0 Å². The second-order valence-corrected chi connectivity index (χ2v) is 9.25. The van der Waals surface area contributed by atoms with Gasteiger partial charge < -0.3 is 4.98 Å². The molecule has 0 aliphatic carbocycles. The third-order valence-corrected chi connectivity index (χ3v) is 6.80. The van der Waals surface area contributed by atoms with Gasteiger partial charge in [-0.1, -0.05) is 39.8 Å². The van der Waals surface area contributed by atoms with E-state index in [0.717, 1.165) is 26.9 Å². The Bertz CT molecular complexity index is 1320. The van der Waals surface area contributed by atoms with Gasteiger partial charge in [-0.2, -0.15) is 5.26 Å². The Hall–Kier alpha value is -2.47. The first-order valence-corrected chi connectivity index (χ1v) is 11.4. The number of pyridine rings is 1. The van der Waals surface area contributed by atoms with Crippen molar-refractivity contribution in [1.29, 1.82) is 5.26 Å². The molecule has 4 rings (SSSR count). The lowest BCUT2D eigenvalue weighted by Gasteiger charge is -2.07. The second-order valence-electron chi connectivity index (χ2n) is 6.51. The normalized spacial score (nSPS) is 11.0. The van der Waals surface area contributed by atoms with Crippen LogP contribution in [-0.4, -0.2) is 15.0 Å². The number of benzene rings is 1. The summed E-state index contributed by atoms with van der Waals surface area (Å²) in [6.45, 7) is 3.80. The molecular formula is C21H15BrN4OS2. The number of thiophene rings is 1. The van der Waals surface area contributed by atoms with Gasteiger partial charge in [0.05, 0.1) is 16.7 Å². The van der Waals surface area contributed by atoms with Gasteiger partial charge in [0.15, 0.2) is 0 Å². The van der Waals surface area contributed by atoms with E-state index in [-0.39, 0.29) is 5.56 Å². The Morgan fingerprint density at radius 1 is 1.24 bits per heavy atom. The van der Waals surface area contributed by atoms with Gasteiger partial charge in [-0.3, -0.25) is 4.79 Å². The molecule has 8 heteroatoms. The number of aromatic amines is 1. The van der Waals surface area contributed by atoms with Gasteiger partial charge in [-0.25, -0.2) is 9.97 Å². The molecule has 0 aliphatic rings. The van der Waals surface area contributed by atoms with Crippen LogP contribution < -0.4 is 5.56 Å². The highest BCUT2D eigenvalue weighted by Crippen LogP contribution is 2.32. The summed E-state index contributed by atoms with van der Waals surface area (Å²) >= 11 is 6.30. The maximum absolute atomic E-state index is 12.8. The number of H-pyrrole nitrogens is 1. The topological polar surface area (TPSA) is 82.4 Å². The van der Waals surface area contributed by atoms with E-state index in [1.54, 1.807) is 0 Å². The number of nitriles is 1. The molecule has 4 aromatic rings. The summed E-state index contributed by atoms with van der Waals surface area (Å²) in [7, 11) is 0. The predicted octanol–water partition coefficient (Wildman–Crippen LogP) is 5.59. The first kappa shape index (κ1) is 19.8. The lowest BCUT2D eigenvalue weighted by atomic mass is 10.1. The van der Waals surface area contributed by atoms with E-state index in [0.29, 0.717) is 32.4 Å². The number of aryl methyl sites for hydroxylation is 2. The zero-order chi connectivity index (χ0) is 20.5. The number of nitrogens with one attached hydrogen (secondary N) is 1. The van der Waals surface area contributed by atoms with Gasteiger partial charge >= 0.3 is 0 Å². The highest BCUT2D eigenvalue weighted by atomic mass is 79.9. The second kappa shape index (κ2) is 8.11. The van der Waals surface area contributed by atoms with Crippen molar-refractivity contribution in [3.8, 4) is 17.2 Å². The number of aromatic nitrogens is 3. The largest absolute Gasteiger partial charge is 0.309 e. The lowest BCUT2D eigenvalue weighted by Crippen LogP contribution is -2.10. The van der Waals surface area contributed by atoms with Crippen molar-refractivity contribution in [3.63, 3.8) is 0 Å². The van der Waals surface area contributed by atoms with Gasteiger partial charge in [0.1, 0.15) is 21.7 Å². The molecule has 1 N–H and O–H groups in total. The standard InChI is InChI=1S/C21H15BrN4OS2/c1-11-7-12(2)24-20(15(11)8-23)29-10-17-25-19(27)18-16(9-28-21(18)26-17)13-3-5-14(22)6-4-13/h3-7,9H,10H2,1-2H3,(H,25,26,27). The van der Waals surface area contributed by atoms with E-state index >= 15 is 0 Å². The summed E-state index contributed by atoms with van der Waals surface area (Å²) in [5.41, 5.74) is 4.03. The van der Waals surface area contributed by atoms with Gasteiger partial charge in [-0.15, -0.1) is 11.3 Å². The van der Waals surface area contributed by atoms with Crippen LogP contribution in [0.15, 0.2) is 50.0 Å². The highest BCUT2D eigenvalue weighted by molar-refractivity contribution is 9.10. The molecule has 5 nitrogen and oxygen atoms in total. The van der Waals surface area contributed by atoms with Crippen LogP contribution in [0.3, 0.4) is 0 Å². The quantitative estimate of drug-likeness (QED) is 0.383. The third kappa shape index (κ3) is 3.99. The zero-order valence-corrected chi connectivity index (χ0v) is 18.8. The summed E-state index contributed by atoms with van der Waals surface area (Å²) < 4.78 is 0.990. The monoisotopic (exact) mass is 482 g/mol. The number of thioether (sulfide) groups is 1. The third-order valence-electron chi connectivity index (χ3n) is 4.42. The van der Waals surface area contributed by atoms with E-state index in [2.05, 4.69) is 37.0 Å². The van der Waals surface area contributed by atoms with Crippen LogP contribution in [0.25, 0.3) is 21.3 Å². The SMILES string of the molecule is Cc1cc(C)c(C#N)c(SCc2nc3scc(-c4ccc(Br)cc4)c3c(=O)[nH]2)n1. The van der Waals surface area contributed by atoms with Crippen molar-refractivity contribution in [2.75, 3.05) is 0 Å². The van der Waals surface area contributed by atoms with Crippen molar-refractivity contribution < 1.29 is 0 Å². The van der Waals surface area contributed by atoms with E-state index in [9.17, 15) is 10.1 Å². The molecule has 3 heterocycles. The first-order valence-electron chi connectivity index (χ1n) is 8.73. The maximum Gasteiger partial charge on any atom is 0.260 e. The number of rotatable bonds is 4.